The molecule has 5 nitrogen and oxygen atoms in total. The van der Waals surface area contributed by atoms with Gasteiger partial charge < -0.3 is 4.42 Å². The zero-order chi connectivity index (χ0) is 17.8. The van der Waals surface area contributed by atoms with Crippen LogP contribution in [0.5, 0.6) is 0 Å². The maximum absolute atomic E-state index is 13.3. The highest BCUT2D eigenvalue weighted by Gasteiger charge is 2.14. The summed E-state index contributed by atoms with van der Waals surface area (Å²) < 4.78 is 18.6. The SMILES string of the molecule is CC(C)Sc1cccc(C(=O)Nc2nnc(-c3cccc(F)c3)o2)c1. The molecule has 2 aromatic carbocycles. The van der Waals surface area contributed by atoms with Gasteiger partial charge in [0.25, 0.3) is 5.91 Å². The summed E-state index contributed by atoms with van der Waals surface area (Å²) >= 11 is 1.67. The summed E-state index contributed by atoms with van der Waals surface area (Å²) in [6.45, 7) is 4.17. The van der Waals surface area contributed by atoms with Crippen molar-refractivity contribution in [2.24, 2.45) is 0 Å². The summed E-state index contributed by atoms with van der Waals surface area (Å²) in [7, 11) is 0. The van der Waals surface area contributed by atoms with E-state index in [4.69, 9.17) is 4.42 Å². The largest absolute Gasteiger partial charge is 0.403 e. The molecule has 0 fully saturated rings. The Morgan fingerprint density at radius 2 is 1.96 bits per heavy atom. The average molecular weight is 357 g/mol. The lowest BCUT2D eigenvalue weighted by Gasteiger charge is -2.06. The van der Waals surface area contributed by atoms with E-state index >= 15 is 0 Å². The van der Waals surface area contributed by atoms with Crippen molar-refractivity contribution in [2.45, 2.75) is 24.0 Å². The predicted octanol–water partition coefficient (Wildman–Crippen LogP) is 4.63. The first kappa shape index (κ1) is 17.2. The van der Waals surface area contributed by atoms with Gasteiger partial charge in [-0.15, -0.1) is 16.9 Å². The fraction of sp³-hybridized carbons (Fsp3) is 0.167. The summed E-state index contributed by atoms with van der Waals surface area (Å²) in [6, 6.07) is 13.1. The second kappa shape index (κ2) is 7.48. The van der Waals surface area contributed by atoms with Gasteiger partial charge in [-0.3, -0.25) is 10.1 Å². The topological polar surface area (TPSA) is 68.0 Å². The van der Waals surface area contributed by atoms with Gasteiger partial charge in [0.2, 0.25) is 5.89 Å². The van der Waals surface area contributed by atoms with Gasteiger partial charge in [-0.25, -0.2) is 4.39 Å². The molecule has 1 N–H and O–H groups in total. The molecule has 1 heterocycles. The average Bonchev–Trinajstić information content (AvgIpc) is 3.03. The normalized spacial score (nSPS) is 10.9. The van der Waals surface area contributed by atoms with Crippen LogP contribution in [-0.4, -0.2) is 21.4 Å². The van der Waals surface area contributed by atoms with Gasteiger partial charge in [-0.05, 0) is 36.4 Å². The van der Waals surface area contributed by atoms with Crippen LogP contribution < -0.4 is 5.32 Å². The summed E-state index contributed by atoms with van der Waals surface area (Å²) in [5.74, 6) is -0.611. The highest BCUT2D eigenvalue weighted by molar-refractivity contribution is 7.99. The van der Waals surface area contributed by atoms with Crippen LogP contribution in [0.25, 0.3) is 11.5 Å². The number of halogens is 1. The van der Waals surface area contributed by atoms with E-state index in [1.807, 2.05) is 18.2 Å². The standard InChI is InChI=1S/C18H16FN3O2S/c1-11(2)25-15-8-4-5-12(10-15)16(23)20-18-22-21-17(24-18)13-6-3-7-14(19)9-13/h3-11H,1-2H3,(H,20,22,23). The van der Waals surface area contributed by atoms with Crippen LogP contribution in [0.3, 0.4) is 0 Å². The summed E-state index contributed by atoms with van der Waals surface area (Å²) in [5.41, 5.74) is 0.944. The zero-order valence-electron chi connectivity index (χ0n) is 13.7. The number of anilines is 1. The van der Waals surface area contributed by atoms with Crippen LogP contribution in [-0.2, 0) is 0 Å². The second-order valence-corrected chi connectivity index (χ2v) is 7.22. The molecular formula is C18H16FN3O2S. The first-order valence-corrected chi connectivity index (χ1v) is 8.57. The third kappa shape index (κ3) is 4.45. The van der Waals surface area contributed by atoms with Crippen molar-refractivity contribution in [3.63, 3.8) is 0 Å². The van der Waals surface area contributed by atoms with E-state index in [-0.39, 0.29) is 17.8 Å². The molecule has 0 aliphatic rings. The van der Waals surface area contributed by atoms with Crippen LogP contribution in [0.2, 0.25) is 0 Å². The maximum Gasteiger partial charge on any atom is 0.322 e. The Hall–Kier alpha value is -2.67. The van der Waals surface area contributed by atoms with Gasteiger partial charge in [-0.2, -0.15) is 0 Å². The van der Waals surface area contributed by atoms with E-state index < -0.39 is 5.82 Å². The number of rotatable bonds is 5. The van der Waals surface area contributed by atoms with Crippen LogP contribution in [0.4, 0.5) is 10.4 Å². The summed E-state index contributed by atoms with van der Waals surface area (Å²) in [5, 5.41) is 10.6. The second-order valence-electron chi connectivity index (χ2n) is 5.57. The van der Waals surface area contributed by atoms with Crippen molar-refractivity contribution in [1.82, 2.24) is 10.2 Å². The van der Waals surface area contributed by atoms with Crippen LogP contribution >= 0.6 is 11.8 Å². The summed E-state index contributed by atoms with van der Waals surface area (Å²) in [4.78, 5) is 13.4. The molecule has 0 saturated carbocycles. The van der Waals surface area contributed by atoms with Gasteiger partial charge in [0.15, 0.2) is 0 Å². The van der Waals surface area contributed by atoms with Gasteiger partial charge in [0.1, 0.15) is 5.82 Å². The lowest BCUT2D eigenvalue weighted by Crippen LogP contribution is -2.12. The molecule has 0 aliphatic heterocycles. The van der Waals surface area contributed by atoms with E-state index in [1.54, 1.807) is 30.0 Å². The van der Waals surface area contributed by atoms with Crippen LogP contribution in [0.15, 0.2) is 57.8 Å². The number of thioether (sulfide) groups is 1. The minimum Gasteiger partial charge on any atom is -0.403 e. The quantitative estimate of drug-likeness (QED) is 0.674. The third-order valence-electron chi connectivity index (χ3n) is 3.19. The van der Waals surface area contributed by atoms with Crippen LogP contribution in [0.1, 0.15) is 24.2 Å². The molecule has 3 rings (SSSR count). The number of carbonyl (C=O) groups is 1. The van der Waals surface area contributed by atoms with Crippen molar-refractivity contribution < 1.29 is 13.6 Å². The number of aromatic nitrogens is 2. The smallest absolute Gasteiger partial charge is 0.322 e. The Kier molecular flexibility index (Phi) is 5.14. The molecule has 0 radical (unpaired) electrons. The highest BCUT2D eigenvalue weighted by atomic mass is 32.2. The fourth-order valence-electron chi connectivity index (χ4n) is 2.16. The molecule has 128 valence electrons. The van der Waals surface area contributed by atoms with E-state index in [0.29, 0.717) is 16.4 Å². The number of hydrogen-bond acceptors (Lipinski definition) is 5. The minimum atomic E-state index is -0.402. The highest BCUT2D eigenvalue weighted by Crippen LogP contribution is 2.24. The molecule has 0 saturated heterocycles. The van der Waals surface area contributed by atoms with E-state index in [9.17, 15) is 9.18 Å². The maximum atomic E-state index is 13.3. The molecular weight excluding hydrogens is 341 g/mol. The number of benzene rings is 2. The Morgan fingerprint density at radius 1 is 1.16 bits per heavy atom. The molecule has 0 bridgehead atoms. The lowest BCUT2D eigenvalue weighted by molar-refractivity contribution is 0.102. The zero-order valence-corrected chi connectivity index (χ0v) is 14.5. The monoisotopic (exact) mass is 357 g/mol. The Bertz CT molecular complexity index is 895. The van der Waals surface area contributed by atoms with Crippen molar-refractivity contribution in [1.29, 1.82) is 0 Å². The number of nitrogens with one attached hydrogen (secondary N) is 1. The Labute approximate surface area is 148 Å². The van der Waals surface area contributed by atoms with Crippen molar-refractivity contribution in [2.75, 3.05) is 5.32 Å². The third-order valence-corrected chi connectivity index (χ3v) is 4.18. The first-order chi connectivity index (χ1) is 12.0. The van der Waals surface area contributed by atoms with Crippen LogP contribution in [0, 0.1) is 5.82 Å². The number of nitrogens with zero attached hydrogens (tertiary/aromatic N) is 2. The molecule has 1 aromatic heterocycles. The van der Waals surface area contributed by atoms with E-state index in [0.717, 1.165) is 4.90 Å². The fourth-order valence-corrected chi connectivity index (χ4v) is 3.06. The van der Waals surface area contributed by atoms with Gasteiger partial charge >= 0.3 is 6.01 Å². The Morgan fingerprint density at radius 3 is 2.72 bits per heavy atom. The summed E-state index contributed by atoms with van der Waals surface area (Å²) in [6.07, 6.45) is 0. The Balaban J connectivity index is 1.74. The van der Waals surface area contributed by atoms with Gasteiger partial charge in [0, 0.05) is 21.3 Å². The van der Waals surface area contributed by atoms with Gasteiger partial charge in [-0.1, -0.05) is 31.1 Å². The minimum absolute atomic E-state index is 0.0359. The number of amides is 1. The first-order valence-electron chi connectivity index (χ1n) is 7.69. The predicted molar refractivity (Wildman–Crippen MR) is 95.1 cm³/mol. The van der Waals surface area contributed by atoms with E-state index in [2.05, 4.69) is 29.4 Å². The molecule has 1 amide bonds. The van der Waals surface area contributed by atoms with Crippen molar-refractivity contribution in [3.05, 3.63) is 59.9 Å². The molecule has 25 heavy (non-hydrogen) atoms. The molecule has 0 unspecified atom stereocenters. The molecule has 0 aliphatic carbocycles. The molecule has 3 aromatic rings. The van der Waals surface area contributed by atoms with Crippen molar-refractivity contribution >= 4 is 23.7 Å². The molecule has 0 spiro atoms. The number of hydrogen-bond donors (Lipinski definition) is 1. The van der Waals surface area contributed by atoms with Gasteiger partial charge in [0.05, 0.1) is 0 Å². The van der Waals surface area contributed by atoms with Crippen molar-refractivity contribution in [3.8, 4) is 11.5 Å². The van der Waals surface area contributed by atoms with E-state index in [1.165, 1.54) is 12.1 Å². The number of carbonyl (C=O) groups excluding carboxylic acids is 1. The molecule has 7 heteroatoms. The lowest BCUT2D eigenvalue weighted by atomic mass is 10.2. The molecule has 0 atom stereocenters.